The van der Waals surface area contributed by atoms with E-state index in [0.29, 0.717) is 19.8 Å². The summed E-state index contributed by atoms with van der Waals surface area (Å²) in [5.41, 5.74) is 2.13. The summed E-state index contributed by atoms with van der Waals surface area (Å²) in [6.07, 6.45) is 0. The van der Waals surface area contributed by atoms with E-state index in [9.17, 15) is 0 Å². The van der Waals surface area contributed by atoms with Gasteiger partial charge in [-0.2, -0.15) is 0 Å². The molecule has 152 valence electrons. The summed E-state index contributed by atoms with van der Waals surface area (Å²) in [6.45, 7) is 12.0. The van der Waals surface area contributed by atoms with Crippen LogP contribution < -0.4 is 14.8 Å². The maximum atomic E-state index is 5.74. The van der Waals surface area contributed by atoms with E-state index in [2.05, 4.69) is 53.5 Å². The third-order valence-electron chi connectivity index (χ3n) is 4.71. The normalized spacial score (nSPS) is 14.1. The number of aryl methyl sites for hydroxylation is 1. The molecule has 0 aliphatic carbocycles. The van der Waals surface area contributed by atoms with E-state index in [-0.39, 0.29) is 5.41 Å². The van der Waals surface area contributed by atoms with Crippen LogP contribution in [0.2, 0.25) is 0 Å². The molecule has 0 saturated carbocycles. The number of fused-ring (bicyclic) bond motifs is 1. The molecule has 0 bridgehead atoms. The van der Waals surface area contributed by atoms with Crippen LogP contribution >= 0.6 is 11.3 Å². The van der Waals surface area contributed by atoms with E-state index in [1.807, 2.05) is 20.0 Å². The summed E-state index contributed by atoms with van der Waals surface area (Å²) in [5, 5.41) is 6.58. The lowest BCUT2D eigenvalue weighted by Gasteiger charge is -2.27. The predicted octanol–water partition coefficient (Wildman–Crippen LogP) is 3.60. The maximum absolute atomic E-state index is 5.74. The molecule has 1 N–H and O–H groups in total. The molecule has 1 aliphatic heterocycles. The van der Waals surface area contributed by atoms with Crippen molar-refractivity contribution in [1.82, 2.24) is 15.2 Å². The van der Waals surface area contributed by atoms with Crippen LogP contribution in [0.3, 0.4) is 0 Å². The second-order valence-electron chi connectivity index (χ2n) is 7.63. The van der Waals surface area contributed by atoms with Gasteiger partial charge in [-0.1, -0.05) is 19.9 Å². The van der Waals surface area contributed by atoms with Gasteiger partial charge in [0.05, 0.1) is 23.8 Å². The summed E-state index contributed by atoms with van der Waals surface area (Å²) < 4.78 is 11.4. The van der Waals surface area contributed by atoms with Crippen LogP contribution in [-0.4, -0.2) is 49.2 Å². The SMILES string of the molecule is CCNC(=NCC(C)(C)c1ccc2c(c1)OCCO2)N(C)Cc1csc(C)n1. The zero-order valence-corrected chi connectivity index (χ0v) is 18.2. The highest BCUT2D eigenvalue weighted by molar-refractivity contribution is 7.09. The van der Waals surface area contributed by atoms with Gasteiger partial charge < -0.3 is 19.7 Å². The van der Waals surface area contributed by atoms with Gasteiger partial charge in [-0.15, -0.1) is 11.3 Å². The molecular weight excluding hydrogens is 372 g/mol. The molecule has 3 rings (SSSR count). The molecule has 0 spiro atoms. The Kier molecular flexibility index (Phi) is 6.44. The molecule has 28 heavy (non-hydrogen) atoms. The number of nitrogens with one attached hydrogen (secondary N) is 1. The molecule has 7 heteroatoms. The van der Waals surface area contributed by atoms with Gasteiger partial charge in [0.15, 0.2) is 17.5 Å². The summed E-state index contributed by atoms with van der Waals surface area (Å²) in [6, 6.07) is 6.19. The van der Waals surface area contributed by atoms with E-state index in [1.54, 1.807) is 11.3 Å². The first-order valence-corrected chi connectivity index (χ1v) is 10.6. The maximum Gasteiger partial charge on any atom is 0.194 e. The minimum atomic E-state index is -0.130. The highest BCUT2D eigenvalue weighted by atomic mass is 32.1. The van der Waals surface area contributed by atoms with Crippen molar-refractivity contribution in [3.05, 3.63) is 39.8 Å². The second-order valence-corrected chi connectivity index (χ2v) is 8.69. The van der Waals surface area contributed by atoms with E-state index in [4.69, 9.17) is 14.5 Å². The standard InChI is InChI=1S/C21H30N4O2S/c1-6-22-20(25(5)12-17-13-28-15(2)24-17)23-14-21(3,4)16-7-8-18-19(11-16)27-10-9-26-18/h7-8,11,13H,6,9-10,12,14H2,1-5H3,(H,22,23). The van der Waals surface area contributed by atoms with Crippen LogP contribution in [0.1, 0.15) is 37.0 Å². The molecule has 2 heterocycles. The molecule has 1 aliphatic rings. The first-order valence-electron chi connectivity index (χ1n) is 9.69. The van der Waals surface area contributed by atoms with Gasteiger partial charge in [0.25, 0.3) is 0 Å². The molecule has 0 amide bonds. The van der Waals surface area contributed by atoms with Crippen LogP contribution in [0.25, 0.3) is 0 Å². The number of nitrogens with zero attached hydrogens (tertiary/aromatic N) is 3. The van der Waals surface area contributed by atoms with Gasteiger partial charge in [-0.25, -0.2) is 4.98 Å². The Balaban J connectivity index is 1.73. The fourth-order valence-corrected chi connectivity index (χ4v) is 3.70. The first kappa shape index (κ1) is 20.5. The molecule has 1 aromatic carbocycles. The number of aliphatic imine (C=N–C) groups is 1. The number of guanidine groups is 1. The highest BCUT2D eigenvalue weighted by Crippen LogP contribution is 2.35. The monoisotopic (exact) mass is 402 g/mol. The third kappa shape index (κ3) is 4.95. The van der Waals surface area contributed by atoms with E-state index in [1.165, 1.54) is 5.56 Å². The van der Waals surface area contributed by atoms with Gasteiger partial charge in [0.2, 0.25) is 0 Å². The molecule has 0 atom stereocenters. The molecule has 0 radical (unpaired) electrons. The zero-order chi connectivity index (χ0) is 20.1. The minimum absolute atomic E-state index is 0.130. The molecule has 6 nitrogen and oxygen atoms in total. The van der Waals surface area contributed by atoms with Gasteiger partial charge in [0.1, 0.15) is 13.2 Å². The number of hydrogen-bond donors (Lipinski definition) is 1. The average molecular weight is 403 g/mol. The Bertz CT molecular complexity index is 832. The zero-order valence-electron chi connectivity index (χ0n) is 17.4. The summed E-state index contributed by atoms with van der Waals surface area (Å²) in [7, 11) is 2.05. The summed E-state index contributed by atoms with van der Waals surface area (Å²) >= 11 is 1.68. The lowest BCUT2D eigenvalue weighted by molar-refractivity contribution is 0.171. The van der Waals surface area contributed by atoms with E-state index >= 15 is 0 Å². The Morgan fingerprint density at radius 1 is 1.29 bits per heavy atom. The van der Waals surface area contributed by atoms with Crippen LogP contribution in [0, 0.1) is 6.92 Å². The lowest BCUT2D eigenvalue weighted by Crippen LogP contribution is -2.39. The Hall–Kier alpha value is -2.28. The van der Waals surface area contributed by atoms with E-state index in [0.717, 1.165) is 41.2 Å². The van der Waals surface area contributed by atoms with Crippen molar-refractivity contribution >= 4 is 17.3 Å². The van der Waals surface area contributed by atoms with Crippen molar-refractivity contribution in [3.63, 3.8) is 0 Å². The molecule has 2 aromatic rings. The summed E-state index contributed by atoms with van der Waals surface area (Å²) in [5.74, 6) is 2.53. The largest absolute Gasteiger partial charge is 0.486 e. The van der Waals surface area contributed by atoms with Gasteiger partial charge >= 0.3 is 0 Å². The van der Waals surface area contributed by atoms with Crippen molar-refractivity contribution in [3.8, 4) is 11.5 Å². The second kappa shape index (κ2) is 8.82. The van der Waals surface area contributed by atoms with Crippen LogP contribution in [-0.2, 0) is 12.0 Å². The van der Waals surface area contributed by atoms with Crippen molar-refractivity contribution in [2.24, 2.45) is 4.99 Å². The summed E-state index contributed by atoms with van der Waals surface area (Å²) in [4.78, 5) is 11.6. The van der Waals surface area contributed by atoms with Crippen molar-refractivity contribution in [1.29, 1.82) is 0 Å². The topological polar surface area (TPSA) is 59.0 Å². The highest BCUT2D eigenvalue weighted by Gasteiger charge is 2.24. The van der Waals surface area contributed by atoms with Crippen molar-refractivity contribution in [2.45, 2.75) is 39.7 Å². The minimum Gasteiger partial charge on any atom is -0.486 e. The molecule has 0 saturated heterocycles. The number of hydrogen-bond acceptors (Lipinski definition) is 5. The predicted molar refractivity (Wildman–Crippen MR) is 115 cm³/mol. The molecule has 1 aromatic heterocycles. The molecule has 0 fully saturated rings. The third-order valence-corrected chi connectivity index (χ3v) is 5.53. The lowest BCUT2D eigenvalue weighted by atomic mass is 9.84. The fraction of sp³-hybridized carbons (Fsp3) is 0.524. The van der Waals surface area contributed by atoms with Gasteiger partial charge in [0, 0.05) is 24.4 Å². The van der Waals surface area contributed by atoms with Crippen LogP contribution in [0.15, 0.2) is 28.6 Å². The quantitative estimate of drug-likeness (QED) is 0.591. The number of thiazole rings is 1. The Morgan fingerprint density at radius 3 is 2.71 bits per heavy atom. The number of rotatable bonds is 6. The van der Waals surface area contributed by atoms with Crippen molar-refractivity contribution in [2.75, 3.05) is 33.4 Å². The Morgan fingerprint density at radius 2 is 2.04 bits per heavy atom. The van der Waals surface area contributed by atoms with Crippen LogP contribution in [0.5, 0.6) is 11.5 Å². The van der Waals surface area contributed by atoms with Gasteiger partial charge in [-0.05, 0) is 31.5 Å². The fourth-order valence-electron chi connectivity index (χ4n) is 3.10. The van der Waals surface area contributed by atoms with Crippen LogP contribution in [0.4, 0.5) is 0 Å². The molecular formula is C21H30N4O2S. The Labute approximate surface area is 171 Å². The van der Waals surface area contributed by atoms with E-state index < -0.39 is 0 Å². The number of benzene rings is 1. The van der Waals surface area contributed by atoms with Crippen molar-refractivity contribution < 1.29 is 9.47 Å². The molecule has 0 unspecified atom stereocenters. The average Bonchev–Trinajstić information content (AvgIpc) is 3.09. The smallest absolute Gasteiger partial charge is 0.194 e. The number of ether oxygens (including phenoxy) is 2. The number of aromatic nitrogens is 1. The van der Waals surface area contributed by atoms with Gasteiger partial charge in [-0.3, -0.25) is 4.99 Å². The first-order chi connectivity index (χ1) is 13.4.